The van der Waals surface area contributed by atoms with Crippen molar-refractivity contribution < 1.29 is 4.52 Å². The van der Waals surface area contributed by atoms with E-state index in [1.165, 1.54) is 6.33 Å². The molecule has 1 fully saturated rings. The van der Waals surface area contributed by atoms with E-state index in [1.54, 1.807) is 12.4 Å². The van der Waals surface area contributed by atoms with E-state index in [4.69, 9.17) is 4.52 Å². The van der Waals surface area contributed by atoms with Crippen LogP contribution in [-0.2, 0) is 0 Å². The molecular weight excluding hydrogens is 254 g/mol. The maximum absolute atomic E-state index is 5.32. The Labute approximate surface area is 118 Å². The molecule has 0 radical (unpaired) electrons. The lowest BCUT2D eigenvalue weighted by Gasteiger charge is -2.35. The number of pyridine rings is 1. The van der Waals surface area contributed by atoms with Crippen LogP contribution in [0.2, 0.25) is 0 Å². The number of aromatic nitrogens is 3. The summed E-state index contributed by atoms with van der Waals surface area (Å²) in [4.78, 5) is 10.7. The number of rotatable bonds is 4. The van der Waals surface area contributed by atoms with Gasteiger partial charge in [-0.15, -0.1) is 0 Å². The monoisotopic (exact) mass is 273 g/mol. The van der Waals surface area contributed by atoms with E-state index < -0.39 is 0 Å². The van der Waals surface area contributed by atoms with Gasteiger partial charge in [-0.2, -0.15) is 4.98 Å². The van der Waals surface area contributed by atoms with Crippen molar-refractivity contribution in [2.45, 2.75) is 24.9 Å². The Kier molecular flexibility index (Phi) is 4.03. The molecule has 3 heterocycles. The molecule has 0 spiro atoms. The van der Waals surface area contributed by atoms with Gasteiger partial charge in [-0.3, -0.25) is 9.88 Å². The molecule has 1 unspecified atom stereocenters. The van der Waals surface area contributed by atoms with E-state index in [-0.39, 0.29) is 6.04 Å². The van der Waals surface area contributed by atoms with Gasteiger partial charge in [0.25, 0.3) is 0 Å². The lowest BCUT2D eigenvalue weighted by atomic mass is 10.00. The predicted molar refractivity (Wildman–Crippen MR) is 74.0 cm³/mol. The first kappa shape index (κ1) is 13.2. The molecule has 20 heavy (non-hydrogen) atoms. The number of hydrogen-bond donors (Lipinski definition) is 1. The van der Waals surface area contributed by atoms with Crippen LogP contribution in [0.4, 0.5) is 0 Å². The lowest BCUT2D eigenvalue weighted by Crippen LogP contribution is -2.43. The van der Waals surface area contributed by atoms with Crippen molar-refractivity contribution in [1.82, 2.24) is 25.3 Å². The molecular formula is C14H19N5O. The van der Waals surface area contributed by atoms with Crippen LogP contribution in [0.1, 0.15) is 30.3 Å². The molecule has 6 nitrogen and oxygen atoms in total. The van der Waals surface area contributed by atoms with E-state index in [9.17, 15) is 0 Å². The van der Waals surface area contributed by atoms with Crippen LogP contribution in [0.15, 0.2) is 35.4 Å². The summed E-state index contributed by atoms with van der Waals surface area (Å²) in [5, 5.41) is 7.15. The van der Waals surface area contributed by atoms with E-state index in [2.05, 4.69) is 32.4 Å². The van der Waals surface area contributed by atoms with Crippen molar-refractivity contribution in [3.05, 3.63) is 42.3 Å². The molecule has 3 rings (SSSR count). The third-order valence-electron chi connectivity index (χ3n) is 3.93. The number of nitrogens with one attached hydrogen (secondary N) is 1. The Morgan fingerprint density at radius 1 is 1.30 bits per heavy atom. The second kappa shape index (κ2) is 6.11. The fourth-order valence-electron chi connectivity index (χ4n) is 2.82. The summed E-state index contributed by atoms with van der Waals surface area (Å²) in [6.07, 6.45) is 7.32. The van der Waals surface area contributed by atoms with Gasteiger partial charge in [-0.1, -0.05) is 5.16 Å². The van der Waals surface area contributed by atoms with E-state index in [0.29, 0.717) is 11.9 Å². The van der Waals surface area contributed by atoms with Crippen LogP contribution in [-0.4, -0.2) is 46.2 Å². The Bertz CT molecular complexity index is 510. The summed E-state index contributed by atoms with van der Waals surface area (Å²) in [6, 6.07) is 4.52. The minimum atomic E-state index is -0.0106. The molecule has 2 aromatic rings. The second-order valence-corrected chi connectivity index (χ2v) is 5.11. The highest BCUT2D eigenvalue weighted by atomic mass is 16.5. The van der Waals surface area contributed by atoms with Crippen LogP contribution in [0, 0.1) is 0 Å². The fraction of sp³-hybridized carbons (Fsp3) is 0.500. The standard InChI is InChI=1S/C14H19N5O/c1-19(12-4-8-16-9-5-12)13(14-17-10-18-20-14)11-2-6-15-7-3-11/h2-3,6-7,10,12-13,16H,4-5,8-9H2,1H3. The van der Waals surface area contributed by atoms with Crippen molar-refractivity contribution in [2.75, 3.05) is 20.1 Å². The van der Waals surface area contributed by atoms with Gasteiger partial charge in [0.2, 0.25) is 5.89 Å². The minimum absolute atomic E-state index is 0.0106. The Balaban J connectivity index is 1.89. The number of hydrogen-bond acceptors (Lipinski definition) is 6. The van der Waals surface area contributed by atoms with Crippen LogP contribution in [0.3, 0.4) is 0 Å². The largest absolute Gasteiger partial charge is 0.338 e. The first-order valence-corrected chi connectivity index (χ1v) is 6.95. The molecule has 1 saturated heterocycles. The van der Waals surface area contributed by atoms with E-state index in [0.717, 1.165) is 31.5 Å². The first-order valence-electron chi connectivity index (χ1n) is 6.95. The predicted octanol–water partition coefficient (Wildman–Crippen LogP) is 1.24. The van der Waals surface area contributed by atoms with Gasteiger partial charge in [0.05, 0.1) is 0 Å². The topological polar surface area (TPSA) is 67.1 Å². The molecule has 0 bridgehead atoms. The highest BCUT2D eigenvalue weighted by Crippen LogP contribution is 2.29. The highest BCUT2D eigenvalue weighted by Gasteiger charge is 2.30. The van der Waals surface area contributed by atoms with Gasteiger partial charge in [0.15, 0.2) is 6.33 Å². The molecule has 1 atom stereocenters. The third kappa shape index (κ3) is 2.71. The van der Waals surface area contributed by atoms with Crippen molar-refractivity contribution in [3.8, 4) is 0 Å². The average molecular weight is 273 g/mol. The van der Waals surface area contributed by atoms with Crippen LogP contribution in [0.25, 0.3) is 0 Å². The summed E-state index contributed by atoms with van der Waals surface area (Å²) in [5.41, 5.74) is 1.13. The van der Waals surface area contributed by atoms with Gasteiger partial charge in [0, 0.05) is 18.4 Å². The Morgan fingerprint density at radius 3 is 2.70 bits per heavy atom. The van der Waals surface area contributed by atoms with E-state index in [1.807, 2.05) is 12.1 Å². The summed E-state index contributed by atoms with van der Waals surface area (Å²) < 4.78 is 5.32. The van der Waals surface area contributed by atoms with Gasteiger partial charge < -0.3 is 9.84 Å². The van der Waals surface area contributed by atoms with Gasteiger partial charge in [0.1, 0.15) is 6.04 Å². The van der Waals surface area contributed by atoms with Crippen molar-refractivity contribution >= 4 is 0 Å². The second-order valence-electron chi connectivity index (χ2n) is 5.11. The highest BCUT2D eigenvalue weighted by molar-refractivity contribution is 5.21. The molecule has 1 aliphatic heterocycles. The molecule has 0 saturated carbocycles. The quantitative estimate of drug-likeness (QED) is 0.904. The first-order chi connectivity index (χ1) is 9.86. The summed E-state index contributed by atoms with van der Waals surface area (Å²) >= 11 is 0. The minimum Gasteiger partial charge on any atom is -0.338 e. The Hall–Kier alpha value is -1.79. The molecule has 0 amide bonds. The molecule has 2 aromatic heterocycles. The molecule has 1 N–H and O–H groups in total. The molecule has 1 aliphatic rings. The zero-order valence-corrected chi connectivity index (χ0v) is 11.6. The van der Waals surface area contributed by atoms with Crippen molar-refractivity contribution in [1.29, 1.82) is 0 Å². The maximum atomic E-state index is 5.32. The lowest BCUT2D eigenvalue weighted by molar-refractivity contribution is 0.140. The van der Waals surface area contributed by atoms with Crippen molar-refractivity contribution in [2.24, 2.45) is 0 Å². The smallest absolute Gasteiger partial charge is 0.248 e. The number of nitrogens with zero attached hydrogens (tertiary/aromatic N) is 4. The normalized spacial score (nSPS) is 18.3. The Morgan fingerprint density at radius 2 is 2.05 bits per heavy atom. The van der Waals surface area contributed by atoms with Gasteiger partial charge in [-0.25, -0.2) is 0 Å². The molecule has 6 heteroatoms. The van der Waals surface area contributed by atoms with E-state index >= 15 is 0 Å². The zero-order valence-electron chi connectivity index (χ0n) is 11.6. The molecule has 0 aliphatic carbocycles. The van der Waals surface area contributed by atoms with Crippen molar-refractivity contribution in [3.63, 3.8) is 0 Å². The van der Waals surface area contributed by atoms with Gasteiger partial charge in [-0.05, 0) is 50.7 Å². The zero-order chi connectivity index (χ0) is 13.8. The average Bonchev–Trinajstić information content (AvgIpc) is 3.03. The molecule has 106 valence electrons. The third-order valence-corrected chi connectivity index (χ3v) is 3.93. The maximum Gasteiger partial charge on any atom is 0.248 e. The number of piperidine rings is 1. The summed E-state index contributed by atoms with van der Waals surface area (Å²) in [6.45, 7) is 2.11. The van der Waals surface area contributed by atoms with Crippen LogP contribution >= 0.6 is 0 Å². The fourth-order valence-corrected chi connectivity index (χ4v) is 2.82. The van der Waals surface area contributed by atoms with Crippen LogP contribution in [0.5, 0.6) is 0 Å². The SMILES string of the molecule is CN(C1CCNCC1)C(c1ccncc1)c1ncno1. The summed E-state index contributed by atoms with van der Waals surface area (Å²) in [7, 11) is 2.13. The van der Waals surface area contributed by atoms with Gasteiger partial charge >= 0.3 is 0 Å². The van der Waals surface area contributed by atoms with Crippen LogP contribution < -0.4 is 5.32 Å². The summed E-state index contributed by atoms with van der Waals surface area (Å²) in [5.74, 6) is 0.636. The molecule has 0 aromatic carbocycles.